The highest BCUT2D eigenvalue weighted by Gasteiger charge is 2.15. The first kappa shape index (κ1) is 12.3. The Morgan fingerprint density at radius 2 is 1.88 bits per heavy atom. The third-order valence-corrected chi connectivity index (χ3v) is 3.04. The van der Waals surface area contributed by atoms with Crippen LogP contribution < -0.4 is 5.32 Å². The van der Waals surface area contributed by atoms with E-state index in [9.17, 15) is 0 Å². The summed E-state index contributed by atoms with van der Waals surface area (Å²) in [5.74, 6) is 0. The second-order valence-electron chi connectivity index (χ2n) is 3.56. The van der Waals surface area contributed by atoms with Gasteiger partial charge in [0.1, 0.15) is 6.33 Å². The SMILES string of the molecule is CNC(c1cncnc1)c1ccc(Cl)cc1Cl. The summed E-state index contributed by atoms with van der Waals surface area (Å²) in [4.78, 5) is 8.01. The first-order valence-electron chi connectivity index (χ1n) is 5.09. The van der Waals surface area contributed by atoms with Crippen molar-refractivity contribution in [1.29, 1.82) is 0 Å². The monoisotopic (exact) mass is 267 g/mol. The molecule has 1 unspecified atom stereocenters. The maximum Gasteiger partial charge on any atom is 0.115 e. The smallest absolute Gasteiger partial charge is 0.115 e. The number of rotatable bonds is 3. The van der Waals surface area contributed by atoms with E-state index >= 15 is 0 Å². The fourth-order valence-corrected chi connectivity index (χ4v) is 2.21. The van der Waals surface area contributed by atoms with Gasteiger partial charge in [-0.05, 0) is 24.7 Å². The van der Waals surface area contributed by atoms with Crippen LogP contribution in [0.4, 0.5) is 0 Å². The van der Waals surface area contributed by atoms with E-state index in [1.165, 1.54) is 6.33 Å². The van der Waals surface area contributed by atoms with E-state index in [0.29, 0.717) is 10.0 Å². The van der Waals surface area contributed by atoms with Crippen LogP contribution in [-0.2, 0) is 0 Å². The summed E-state index contributed by atoms with van der Waals surface area (Å²) in [5.41, 5.74) is 1.91. The second kappa shape index (κ2) is 5.45. The molecule has 17 heavy (non-hydrogen) atoms. The molecule has 0 aliphatic rings. The highest BCUT2D eigenvalue weighted by Crippen LogP contribution is 2.29. The number of hydrogen-bond acceptors (Lipinski definition) is 3. The predicted octanol–water partition coefficient (Wildman–Crippen LogP) is 3.09. The molecule has 1 aromatic heterocycles. The van der Waals surface area contributed by atoms with Crippen LogP contribution in [0, 0.1) is 0 Å². The van der Waals surface area contributed by atoms with E-state index in [1.807, 2.05) is 19.2 Å². The van der Waals surface area contributed by atoms with Gasteiger partial charge in [0, 0.05) is 28.0 Å². The fraction of sp³-hybridized carbons (Fsp3) is 0.167. The zero-order valence-corrected chi connectivity index (χ0v) is 10.7. The minimum atomic E-state index is -0.0408. The minimum Gasteiger partial charge on any atom is -0.309 e. The summed E-state index contributed by atoms with van der Waals surface area (Å²) in [7, 11) is 1.86. The topological polar surface area (TPSA) is 37.8 Å². The molecule has 88 valence electrons. The lowest BCUT2D eigenvalue weighted by Gasteiger charge is -2.17. The Balaban J connectivity index is 2.42. The zero-order valence-electron chi connectivity index (χ0n) is 9.19. The molecule has 0 bridgehead atoms. The Morgan fingerprint density at radius 3 is 2.47 bits per heavy atom. The normalized spacial score (nSPS) is 12.4. The van der Waals surface area contributed by atoms with E-state index in [1.54, 1.807) is 18.5 Å². The molecule has 2 rings (SSSR count). The van der Waals surface area contributed by atoms with Crippen LogP contribution in [0.3, 0.4) is 0 Å². The molecule has 1 heterocycles. The van der Waals surface area contributed by atoms with E-state index in [2.05, 4.69) is 15.3 Å². The summed E-state index contributed by atoms with van der Waals surface area (Å²) < 4.78 is 0. The molecule has 3 nitrogen and oxygen atoms in total. The lowest BCUT2D eigenvalue weighted by Crippen LogP contribution is -2.18. The lowest BCUT2D eigenvalue weighted by atomic mass is 10.0. The van der Waals surface area contributed by atoms with Crippen LogP contribution in [0.5, 0.6) is 0 Å². The maximum absolute atomic E-state index is 6.19. The van der Waals surface area contributed by atoms with Crippen LogP contribution in [0.1, 0.15) is 17.2 Å². The number of nitrogens with zero attached hydrogens (tertiary/aromatic N) is 2. The summed E-state index contributed by atoms with van der Waals surface area (Å²) >= 11 is 12.1. The van der Waals surface area contributed by atoms with Crippen molar-refractivity contribution in [3.8, 4) is 0 Å². The van der Waals surface area contributed by atoms with Gasteiger partial charge in [0.2, 0.25) is 0 Å². The van der Waals surface area contributed by atoms with Gasteiger partial charge in [-0.3, -0.25) is 0 Å². The summed E-state index contributed by atoms with van der Waals surface area (Å²) in [6.07, 6.45) is 5.03. The van der Waals surface area contributed by atoms with Gasteiger partial charge in [0.15, 0.2) is 0 Å². The Labute approximate surface area is 110 Å². The average Bonchev–Trinajstić information content (AvgIpc) is 2.34. The van der Waals surface area contributed by atoms with Gasteiger partial charge in [-0.15, -0.1) is 0 Å². The zero-order chi connectivity index (χ0) is 12.3. The van der Waals surface area contributed by atoms with Crippen molar-refractivity contribution in [1.82, 2.24) is 15.3 Å². The Morgan fingerprint density at radius 1 is 1.18 bits per heavy atom. The van der Waals surface area contributed by atoms with Gasteiger partial charge >= 0.3 is 0 Å². The van der Waals surface area contributed by atoms with Gasteiger partial charge < -0.3 is 5.32 Å². The predicted molar refractivity (Wildman–Crippen MR) is 69.4 cm³/mol. The summed E-state index contributed by atoms with van der Waals surface area (Å²) in [5, 5.41) is 4.44. The molecule has 5 heteroatoms. The number of benzene rings is 1. The van der Waals surface area contributed by atoms with E-state index in [4.69, 9.17) is 23.2 Å². The van der Waals surface area contributed by atoms with Crippen molar-refractivity contribution >= 4 is 23.2 Å². The molecular formula is C12H11Cl2N3. The Kier molecular flexibility index (Phi) is 3.94. The molecule has 1 atom stereocenters. The highest BCUT2D eigenvalue weighted by molar-refractivity contribution is 6.35. The molecule has 0 radical (unpaired) electrons. The van der Waals surface area contributed by atoms with Crippen molar-refractivity contribution in [3.63, 3.8) is 0 Å². The van der Waals surface area contributed by atoms with Gasteiger partial charge in [-0.1, -0.05) is 29.3 Å². The third-order valence-electron chi connectivity index (χ3n) is 2.48. The van der Waals surface area contributed by atoms with Crippen molar-refractivity contribution in [2.75, 3.05) is 7.05 Å². The standard InChI is InChI=1S/C12H11Cl2N3/c1-15-12(8-5-16-7-17-6-8)10-3-2-9(13)4-11(10)14/h2-7,12,15H,1H3. The Hall–Kier alpha value is -1.16. The first-order chi connectivity index (χ1) is 8.22. The first-order valence-corrected chi connectivity index (χ1v) is 5.85. The largest absolute Gasteiger partial charge is 0.309 e. The van der Waals surface area contributed by atoms with Crippen LogP contribution in [0.2, 0.25) is 10.0 Å². The highest BCUT2D eigenvalue weighted by atomic mass is 35.5. The fourth-order valence-electron chi connectivity index (χ4n) is 1.70. The van der Waals surface area contributed by atoms with E-state index in [0.717, 1.165) is 11.1 Å². The van der Waals surface area contributed by atoms with Gasteiger partial charge in [-0.25, -0.2) is 9.97 Å². The average molecular weight is 268 g/mol. The van der Waals surface area contributed by atoms with Crippen LogP contribution in [0.25, 0.3) is 0 Å². The Bertz CT molecular complexity index is 502. The summed E-state index contributed by atoms with van der Waals surface area (Å²) in [6.45, 7) is 0. The summed E-state index contributed by atoms with van der Waals surface area (Å²) in [6, 6.07) is 5.41. The minimum absolute atomic E-state index is 0.0408. The molecule has 0 fully saturated rings. The van der Waals surface area contributed by atoms with Gasteiger partial charge in [0.05, 0.1) is 6.04 Å². The van der Waals surface area contributed by atoms with Gasteiger partial charge in [0.25, 0.3) is 0 Å². The number of halogens is 2. The van der Waals surface area contributed by atoms with Crippen molar-refractivity contribution in [2.45, 2.75) is 6.04 Å². The second-order valence-corrected chi connectivity index (χ2v) is 4.40. The molecule has 1 N–H and O–H groups in total. The quantitative estimate of drug-likeness (QED) is 0.929. The number of nitrogens with one attached hydrogen (secondary N) is 1. The number of hydrogen-bond donors (Lipinski definition) is 1. The molecule has 0 saturated heterocycles. The lowest BCUT2D eigenvalue weighted by molar-refractivity contribution is 0.685. The van der Waals surface area contributed by atoms with Crippen LogP contribution in [-0.4, -0.2) is 17.0 Å². The van der Waals surface area contributed by atoms with Crippen molar-refractivity contribution < 1.29 is 0 Å². The molecular weight excluding hydrogens is 257 g/mol. The van der Waals surface area contributed by atoms with E-state index in [-0.39, 0.29) is 6.04 Å². The van der Waals surface area contributed by atoms with E-state index < -0.39 is 0 Å². The molecule has 0 aliphatic carbocycles. The van der Waals surface area contributed by atoms with Crippen molar-refractivity contribution in [2.24, 2.45) is 0 Å². The molecule has 0 saturated carbocycles. The van der Waals surface area contributed by atoms with Crippen LogP contribution in [0.15, 0.2) is 36.9 Å². The molecule has 0 spiro atoms. The molecule has 0 aliphatic heterocycles. The maximum atomic E-state index is 6.19. The number of aromatic nitrogens is 2. The van der Waals surface area contributed by atoms with Crippen molar-refractivity contribution in [3.05, 3.63) is 58.1 Å². The van der Waals surface area contributed by atoms with Crippen LogP contribution >= 0.6 is 23.2 Å². The third kappa shape index (κ3) is 2.75. The molecule has 2 aromatic rings. The molecule has 1 aromatic carbocycles. The van der Waals surface area contributed by atoms with Gasteiger partial charge in [-0.2, -0.15) is 0 Å². The molecule has 0 amide bonds.